The zero-order valence-electron chi connectivity index (χ0n) is 9.89. The van der Waals surface area contributed by atoms with E-state index in [9.17, 15) is 10.1 Å². The number of nitro groups is 1. The van der Waals surface area contributed by atoms with Crippen LogP contribution in [0.5, 0.6) is 0 Å². The van der Waals surface area contributed by atoms with Gasteiger partial charge in [-0.1, -0.05) is 18.3 Å². The number of hydrogen-bond acceptors (Lipinski definition) is 5. The normalized spacial score (nSPS) is 12.6. The van der Waals surface area contributed by atoms with E-state index in [1.54, 1.807) is 6.07 Å². The first-order valence-corrected chi connectivity index (χ1v) is 6.49. The van der Waals surface area contributed by atoms with Crippen LogP contribution in [0.25, 0.3) is 0 Å². The van der Waals surface area contributed by atoms with Crippen molar-refractivity contribution in [1.82, 2.24) is 5.32 Å². The van der Waals surface area contributed by atoms with Crippen LogP contribution in [0.4, 0.5) is 5.00 Å². The molecule has 1 unspecified atom stereocenters. The van der Waals surface area contributed by atoms with Gasteiger partial charge in [-0.3, -0.25) is 10.1 Å². The van der Waals surface area contributed by atoms with E-state index < -0.39 is 0 Å². The molecule has 1 rings (SSSR count). The monoisotopic (exact) mass is 258 g/mol. The SMILES string of the molecule is CC(CO)CCCNCc1ccc([N+](=O)[O-])s1. The summed E-state index contributed by atoms with van der Waals surface area (Å²) in [6, 6.07) is 3.32. The van der Waals surface area contributed by atoms with Crippen LogP contribution in [0.3, 0.4) is 0 Å². The lowest BCUT2D eigenvalue weighted by atomic mass is 10.1. The van der Waals surface area contributed by atoms with Crippen molar-refractivity contribution in [3.63, 3.8) is 0 Å². The van der Waals surface area contributed by atoms with Gasteiger partial charge in [0, 0.05) is 24.1 Å². The molecule has 0 fully saturated rings. The highest BCUT2D eigenvalue weighted by molar-refractivity contribution is 7.15. The van der Waals surface area contributed by atoms with Gasteiger partial charge in [-0.2, -0.15) is 0 Å². The minimum absolute atomic E-state index is 0.190. The smallest absolute Gasteiger partial charge is 0.324 e. The van der Waals surface area contributed by atoms with E-state index in [4.69, 9.17) is 5.11 Å². The fourth-order valence-electron chi connectivity index (χ4n) is 1.44. The van der Waals surface area contributed by atoms with E-state index in [1.807, 2.05) is 6.92 Å². The number of hydrogen-bond donors (Lipinski definition) is 2. The van der Waals surface area contributed by atoms with Crippen molar-refractivity contribution in [2.24, 2.45) is 5.92 Å². The molecule has 0 spiro atoms. The van der Waals surface area contributed by atoms with Gasteiger partial charge < -0.3 is 10.4 Å². The van der Waals surface area contributed by atoms with Crippen LogP contribution in [-0.2, 0) is 6.54 Å². The van der Waals surface area contributed by atoms with Gasteiger partial charge in [-0.25, -0.2) is 0 Å². The maximum Gasteiger partial charge on any atom is 0.324 e. The van der Waals surface area contributed by atoms with Crippen LogP contribution in [0.15, 0.2) is 12.1 Å². The molecule has 1 atom stereocenters. The molecule has 0 saturated heterocycles. The van der Waals surface area contributed by atoms with Gasteiger partial charge in [0.05, 0.1) is 4.92 Å². The molecular weight excluding hydrogens is 240 g/mol. The molecular formula is C11H18N2O3S. The van der Waals surface area contributed by atoms with Crippen molar-refractivity contribution < 1.29 is 10.0 Å². The van der Waals surface area contributed by atoms with E-state index in [-0.39, 0.29) is 16.5 Å². The summed E-state index contributed by atoms with van der Waals surface area (Å²) in [5, 5.41) is 22.7. The molecule has 0 amide bonds. The Morgan fingerprint density at radius 1 is 1.59 bits per heavy atom. The summed E-state index contributed by atoms with van der Waals surface area (Å²) >= 11 is 1.21. The summed E-state index contributed by atoms with van der Waals surface area (Å²) in [5.74, 6) is 0.347. The Labute approximate surface area is 105 Å². The predicted octanol–water partition coefficient (Wildman–Crippen LogP) is 2.15. The number of nitrogens with zero attached hydrogens (tertiary/aromatic N) is 1. The Bertz CT molecular complexity index is 354. The number of nitrogens with one attached hydrogen (secondary N) is 1. The third-order valence-corrected chi connectivity index (χ3v) is 3.53. The number of aliphatic hydroxyl groups excluding tert-OH is 1. The molecule has 6 heteroatoms. The average molecular weight is 258 g/mol. The lowest BCUT2D eigenvalue weighted by molar-refractivity contribution is -0.380. The third-order valence-electron chi connectivity index (χ3n) is 2.49. The number of rotatable bonds is 8. The Balaban J connectivity index is 2.15. The highest BCUT2D eigenvalue weighted by atomic mass is 32.1. The number of aliphatic hydroxyl groups is 1. The molecule has 0 saturated carbocycles. The minimum atomic E-state index is -0.364. The van der Waals surface area contributed by atoms with Gasteiger partial charge in [-0.15, -0.1) is 0 Å². The van der Waals surface area contributed by atoms with Crippen molar-refractivity contribution in [2.75, 3.05) is 13.2 Å². The Morgan fingerprint density at radius 2 is 2.35 bits per heavy atom. The zero-order chi connectivity index (χ0) is 12.7. The Kier molecular flexibility index (Phi) is 6.10. The Hall–Kier alpha value is -0.980. The van der Waals surface area contributed by atoms with Gasteiger partial charge in [0.25, 0.3) is 0 Å². The van der Waals surface area contributed by atoms with Crippen LogP contribution in [0.1, 0.15) is 24.6 Å². The van der Waals surface area contributed by atoms with Crippen molar-refractivity contribution in [2.45, 2.75) is 26.3 Å². The van der Waals surface area contributed by atoms with Gasteiger partial charge in [0.2, 0.25) is 0 Å². The molecule has 17 heavy (non-hydrogen) atoms. The first kappa shape index (κ1) is 14.1. The summed E-state index contributed by atoms with van der Waals surface area (Å²) < 4.78 is 0. The third kappa shape index (κ3) is 5.25. The maximum absolute atomic E-state index is 10.5. The summed E-state index contributed by atoms with van der Waals surface area (Å²) in [6.07, 6.45) is 2.00. The van der Waals surface area contributed by atoms with E-state index in [0.717, 1.165) is 24.3 Å². The zero-order valence-corrected chi connectivity index (χ0v) is 10.7. The molecule has 1 aromatic heterocycles. The fourth-order valence-corrected chi connectivity index (χ4v) is 2.23. The number of thiophene rings is 1. The van der Waals surface area contributed by atoms with Crippen LogP contribution in [0.2, 0.25) is 0 Å². The van der Waals surface area contributed by atoms with Gasteiger partial charge in [-0.05, 0) is 31.4 Å². The van der Waals surface area contributed by atoms with Gasteiger partial charge >= 0.3 is 5.00 Å². The standard InChI is InChI=1S/C11H18N2O3S/c1-9(8-14)3-2-6-12-7-10-4-5-11(17-10)13(15)16/h4-5,9,12,14H,2-3,6-8H2,1H3. The molecule has 0 aliphatic heterocycles. The molecule has 0 aliphatic rings. The van der Waals surface area contributed by atoms with E-state index in [0.29, 0.717) is 12.5 Å². The molecule has 5 nitrogen and oxygen atoms in total. The first-order chi connectivity index (χ1) is 8.13. The van der Waals surface area contributed by atoms with E-state index in [1.165, 1.54) is 17.4 Å². The summed E-state index contributed by atoms with van der Waals surface area (Å²) in [4.78, 5) is 11.1. The molecule has 0 radical (unpaired) electrons. The molecule has 1 aromatic rings. The fraction of sp³-hybridized carbons (Fsp3) is 0.636. The van der Waals surface area contributed by atoms with Crippen molar-refractivity contribution in [3.05, 3.63) is 27.1 Å². The topological polar surface area (TPSA) is 75.4 Å². The average Bonchev–Trinajstić information content (AvgIpc) is 2.77. The lowest BCUT2D eigenvalue weighted by Gasteiger charge is -2.07. The largest absolute Gasteiger partial charge is 0.396 e. The Morgan fingerprint density at radius 3 is 2.94 bits per heavy atom. The summed E-state index contributed by atoms with van der Waals surface area (Å²) in [6.45, 7) is 3.79. The first-order valence-electron chi connectivity index (χ1n) is 5.68. The van der Waals surface area contributed by atoms with Gasteiger partial charge in [0.1, 0.15) is 0 Å². The van der Waals surface area contributed by atoms with Crippen LogP contribution < -0.4 is 5.32 Å². The van der Waals surface area contributed by atoms with Crippen molar-refractivity contribution in [3.8, 4) is 0 Å². The van der Waals surface area contributed by atoms with Crippen LogP contribution >= 0.6 is 11.3 Å². The van der Waals surface area contributed by atoms with Crippen molar-refractivity contribution in [1.29, 1.82) is 0 Å². The lowest BCUT2D eigenvalue weighted by Crippen LogP contribution is -2.15. The van der Waals surface area contributed by atoms with Crippen LogP contribution in [-0.4, -0.2) is 23.2 Å². The van der Waals surface area contributed by atoms with Gasteiger partial charge in [0.15, 0.2) is 0 Å². The van der Waals surface area contributed by atoms with Crippen molar-refractivity contribution >= 4 is 16.3 Å². The van der Waals surface area contributed by atoms with Crippen LogP contribution in [0, 0.1) is 16.0 Å². The maximum atomic E-state index is 10.5. The molecule has 1 heterocycles. The highest BCUT2D eigenvalue weighted by Crippen LogP contribution is 2.23. The minimum Gasteiger partial charge on any atom is -0.396 e. The predicted molar refractivity (Wildman–Crippen MR) is 68.2 cm³/mol. The molecule has 2 N–H and O–H groups in total. The second kappa shape index (κ2) is 7.37. The van der Waals surface area contributed by atoms with E-state index >= 15 is 0 Å². The quantitative estimate of drug-likeness (QED) is 0.425. The molecule has 0 bridgehead atoms. The van der Waals surface area contributed by atoms with E-state index in [2.05, 4.69) is 5.32 Å². The summed E-state index contributed by atoms with van der Waals surface area (Å²) in [5.41, 5.74) is 0. The second-order valence-corrected chi connectivity index (χ2v) is 5.25. The molecule has 0 aliphatic carbocycles. The molecule has 96 valence electrons. The highest BCUT2D eigenvalue weighted by Gasteiger charge is 2.08. The molecule has 0 aromatic carbocycles. The summed E-state index contributed by atoms with van der Waals surface area (Å²) in [7, 11) is 0. The second-order valence-electron chi connectivity index (χ2n) is 4.10.